The molecule has 0 saturated heterocycles. The van der Waals surface area contributed by atoms with Gasteiger partial charge in [0.05, 0.1) is 26.3 Å². The number of benzene rings is 1. The fraction of sp³-hybridized carbons (Fsp3) is 0.529. The summed E-state index contributed by atoms with van der Waals surface area (Å²) in [5.41, 5.74) is 0.467. The first-order chi connectivity index (χ1) is 11.4. The van der Waals surface area contributed by atoms with E-state index in [4.69, 9.17) is 9.47 Å². The molecule has 1 unspecified atom stereocenters. The number of hydrogen-bond acceptors (Lipinski definition) is 5. The van der Waals surface area contributed by atoms with E-state index >= 15 is 0 Å². The number of amides is 1. The van der Waals surface area contributed by atoms with Crippen LogP contribution >= 0.6 is 0 Å². The number of hydrogen-bond donors (Lipinski definition) is 3. The van der Waals surface area contributed by atoms with Crippen LogP contribution in [0.1, 0.15) is 26.7 Å². The van der Waals surface area contributed by atoms with Gasteiger partial charge in [-0.15, -0.1) is 0 Å². The van der Waals surface area contributed by atoms with Gasteiger partial charge in [-0.25, -0.2) is 0 Å². The Bertz CT molecular complexity index is 560. The maximum Gasteiger partial charge on any atom is 0.321 e. The van der Waals surface area contributed by atoms with E-state index in [0.29, 0.717) is 29.6 Å². The SMILES string of the molecule is COc1ccc(NC(=O)CC(NCCC(C)C)C(=O)O)c(OC)c1. The average Bonchev–Trinajstić information content (AvgIpc) is 2.53. The first-order valence-corrected chi connectivity index (χ1v) is 7.85. The number of carbonyl (C=O) groups excluding carboxylic acids is 1. The Kier molecular flexibility index (Phi) is 8.05. The maximum absolute atomic E-state index is 12.1. The highest BCUT2D eigenvalue weighted by molar-refractivity contribution is 5.95. The average molecular weight is 338 g/mol. The van der Waals surface area contributed by atoms with Crippen molar-refractivity contribution >= 4 is 17.6 Å². The predicted molar refractivity (Wildman–Crippen MR) is 91.7 cm³/mol. The Hall–Kier alpha value is -2.28. The predicted octanol–water partition coefficient (Wildman–Crippen LogP) is 2.12. The highest BCUT2D eigenvalue weighted by Crippen LogP contribution is 2.29. The van der Waals surface area contributed by atoms with Crippen molar-refractivity contribution in [1.29, 1.82) is 0 Å². The van der Waals surface area contributed by atoms with Crippen molar-refractivity contribution in [2.24, 2.45) is 5.92 Å². The van der Waals surface area contributed by atoms with Crippen LogP contribution in [0.2, 0.25) is 0 Å². The molecule has 24 heavy (non-hydrogen) atoms. The van der Waals surface area contributed by atoms with Crippen molar-refractivity contribution in [3.05, 3.63) is 18.2 Å². The Labute approximate surface area is 142 Å². The fourth-order valence-electron chi connectivity index (χ4n) is 2.08. The van der Waals surface area contributed by atoms with Gasteiger partial charge in [0.2, 0.25) is 5.91 Å². The molecule has 0 bridgehead atoms. The number of methoxy groups -OCH3 is 2. The quantitative estimate of drug-likeness (QED) is 0.605. The van der Waals surface area contributed by atoms with E-state index in [-0.39, 0.29) is 6.42 Å². The minimum absolute atomic E-state index is 0.164. The summed E-state index contributed by atoms with van der Waals surface area (Å²) in [5.74, 6) is 0.0637. The summed E-state index contributed by atoms with van der Waals surface area (Å²) in [7, 11) is 3.02. The molecule has 0 fully saturated rings. The standard InChI is InChI=1S/C17H26N2O5/c1-11(2)7-8-18-14(17(21)22)10-16(20)19-13-6-5-12(23-3)9-15(13)24-4/h5-6,9,11,14,18H,7-8,10H2,1-4H3,(H,19,20)(H,21,22). The van der Waals surface area contributed by atoms with E-state index in [2.05, 4.69) is 24.5 Å². The lowest BCUT2D eigenvalue weighted by molar-refractivity contribution is -0.141. The second kappa shape index (κ2) is 9.77. The molecule has 1 rings (SSSR count). The summed E-state index contributed by atoms with van der Waals surface area (Å²) in [5, 5.41) is 14.8. The molecule has 1 aromatic rings. The number of anilines is 1. The summed E-state index contributed by atoms with van der Waals surface area (Å²) >= 11 is 0. The number of rotatable bonds is 10. The molecule has 1 atom stereocenters. The highest BCUT2D eigenvalue weighted by Gasteiger charge is 2.21. The number of ether oxygens (including phenoxy) is 2. The summed E-state index contributed by atoms with van der Waals surface area (Å²) in [4.78, 5) is 23.4. The van der Waals surface area contributed by atoms with Crippen LogP contribution in [-0.4, -0.2) is 43.8 Å². The summed E-state index contributed by atoms with van der Waals surface area (Å²) < 4.78 is 10.3. The molecule has 0 heterocycles. The van der Waals surface area contributed by atoms with Gasteiger partial charge < -0.3 is 25.2 Å². The number of carbonyl (C=O) groups is 2. The molecule has 7 nitrogen and oxygen atoms in total. The Balaban J connectivity index is 2.67. The van der Waals surface area contributed by atoms with Crippen LogP contribution in [-0.2, 0) is 9.59 Å². The molecule has 1 aromatic carbocycles. The van der Waals surface area contributed by atoms with Crippen molar-refractivity contribution in [2.75, 3.05) is 26.1 Å². The van der Waals surface area contributed by atoms with Crippen LogP contribution < -0.4 is 20.1 Å². The van der Waals surface area contributed by atoms with E-state index in [1.54, 1.807) is 18.2 Å². The van der Waals surface area contributed by atoms with E-state index in [9.17, 15) is 14.7 Å². The van der Waals surface area contributed by atoms with Crippen LogP contribution in [0.4, 0.5) is 5.69 Å². The van der Waals surface area contributed by atoms with E-state index in [1.165, 1.54) is 14.2 Å². The number of carboxylic acids is 1. The van der Waals surface area contributed by atoms with Gasteiger partial charge in [-0.05, 0) is 31.0 Å². The lowest BCUT2D eigenvalue weighted by atomic mass is 10.1. The van der Waals surface area contributed by atoms with E-state index < -0.39 is 17.9 Å². The molecule has 0 aliphatic carbocycles. The summed E-state index contributed by atoms with van der Waals surface area (Å²) in [6.45, 7) is 4.66. The molecule has 0 radical (unpaired) electrons. The largest absolute Gasteiger partial charge is 0.497 e. The molecule has 0 saturated carbocycles. The summed E-state index contributed by atoms with van der Waals surface area (Å²) in [6.07, 6.45) is 0.681. The Morgan fingerprint density at radius 1 is 1.21 bits per heavy atom. The van der Waals surface area contributed by atoms with Crippen molar-refractivity contribution in [3.8, 4) is 11.5 Å². The third kappa shape index (κ3) is 6.45. The van der Waals surface area contributed by atoms with Gasteiger partial charge in [-0.2, -0.15) is 0 Å². The van der Waals surface area contributed by atoms with Crippen molar-refractivity contribution in [2.45, 2.75) is 32.7 Å². The molecule has 7 heteroatoms. The van der Waals surface area contributed by atoms with Gasteiger partial charge in [0.1, 0.15) is 17.5 Å². The molecule has 134 valence electrons. The highest BCUT2D eigenvalue weighted by atomic mass is 16.5. The molecule has 0 aromatic heterocycles. The first kappa shape index (κ1) is 19.8. The Morgan fingerprint density at radius 3 is 2.46 bits per heavy atom. The Morgan fingerprint density at radius 2 is 1.92 bits per heavy atom. The van der Waals surface area contributed by atoms with Gasteiger partial charge in [0, 0.05) is 6.07 Å². The van der Waals surface area contributed by atoms with Crippen LogP contribution in [0, 0.1) is 5.92 Å². The maximum atomic E-state index is 12.1. The van der Waals surface area contributed by atoms with Gasteiger partial charge in [-0.3, -0.25) is 9.59 Å². The molecule has 0 aliphatic heterocycles. The van der Waals surface area contributed by atoms with Gasteiger partial charge >= 0.3 is 5.97 Å². The van der Waals surface area contributed by atoms with E-state index in [1.807, 2.05) is 0 Å². The van der Waals surface area contributed by atoms with Crippen molar-refractivity contribution in [3.63, 3.8) is 0 Å². The number of nitrogens with one attached hydrogen (secondary N) is 2. The van der Waals surface area contributed by atoms with Gasteiger partial charge in [0.15, 0.2) is 0 Å². The molecule has 0 aliphatic rings. The minimum Gasteiger partial charge on any atom is -0.497 e. The number of carboxylic acid groups (broad SMARTS) is 1. The third-order valence-corrected chi connectivity index (χ3v) is 3.48. The van der Waals surface area contributed by atoms with Crippen molar-refractivity contribution < 1.29 is 24.2 Å². The molecular weight excluding hydrogens is 312 g/mol. The smallest absolute Gasteiger partial charge is 0.321 e. The fourth-order valence-corrected chi connectivity index (χ4v) is 2.08. The topological polar surface area (TPSA) is 96.9 Å². The van der Waals surface area contributed by atoms with Crippen LogP contribution in [0.3, 0.4) is 0 Å². The summed E-state index contributed by atoms with van der Waals surface area (Å²) in [6, 6.07) is 4.06. The normalized spacial score (nSPS) is 11.9. The zero-order chi connectivity index (χ0) is 18.1. The molecule has 0 spiro atoms. The third-order valence-electron chi connectivity index (χ3n) is 3.48. The van der Waals surface area contributed by atoms with Crippen LogP contribution in [0.15, 0.2) is 18.2 Å². The number of aliphatic carboxylic acids is 1. The zero-order valence-corrected chi connectivity index (χ0v) is 14.6. The van der Waals surface area contributed by atoms with E-state index in [0.717, 1.165) is 6.42 Å². The van der Waals surface area contributed by atoms with Gasteiger partial charge in [-0.1, -0.05) is 13.8 Å². The molecular formula is C17H26N2O5. The lowest BCUT2D eigenvalue weighted by Crippen LogP contribution is -2.40. The van der Waals surface area contributed by atoms with Crippen LogP contribution in [0.5, 0.6) is 11.5 Å². The van der Waals surface area contributed by atoms with Crippen LogP contribution in [0.25, 0.3) is 0 Å². The first-order valence-electron chi connectivity index (χ1n) is 7.85. The second-order valence-corrected chi connectivity index (χ2v) is 5.85. The van der Waals surface area contributed by atoms with Crippen molar-refractivity contribution in [1.82, 2.24) is 5.32 Å². The lowest BCUT2D eigenvalue weighted by Gasteiger charge is -2.16. The monoisotopic (exact) mass is 338 g/mol. The molecule has 1 amide bonds. The zero-order valence-electron chi connectivity index (χ0n) is 14.6. The second-order valence-electron chi connectivity index (χ2n) is 5.85. The minimum atomic E-state index is -1.05. The molecule has 3 N–H and O–H groups in total. The van der Waals surface area contributed by atoms with Gasteiger partial charge in [0.25, 0.3) is 0 Å².